The Morgan fingerprint density at radius 2 is 2.47 bits per heavy atom. The number of hydrogen-bond donors (Lipinski definition) is 0. The van der Waals surface area contributed by atoms with Gasteiger partial charge in [0.1, 0.15) is 4.38 Å². The summed E-state index contributed by atoms with van der Waals surface area (Å²) in [5.74, 6) is 1.31. The van der Waals surface area contributed by atoms with Gasteiger partial charge in [0.15, 0.2) is 0 Å². The van der Waals surface area contributed by atoms with E-state index in [2.05, 4.69) is 16.4 Å². The third kappa shape index (κ3) is 3.01. The molecule has 0 aliphatic carbocycles. The molecule has 0 saturated carbocycles. The highest BCUT2D eigenvalue weighted by molar-refractivity contribution is 8.39. The van der Waals surface area contributed by atoms with Gasteiger partial charge >= 0.3 is 0 Å². The third-order valence-electron chi connectivity index (χ3n) is 3.30. The van der Waals surface area contributed by atoms with Crippen LogP contribution in [0.4, 0.5) is 0 Å². The molecule has 0 N–H and O–H groups in total. The van der Waals surface area contributed by atoms with Crippen LogP contribution < -0.4 is 0 Å². The van der Waals surface area contributed by atoms with E-state index in [1.165, 1.54) is 10.4 Å². The lowest BCUT2D eigenvalue weighted by atomic mass is 10.1. The zero-order chi connectivity index (χ0) is 13.2. The van der Waals surface area contributed by atoms with Crippen LogP contribution in [-0.4, -0.2) is 39.3 Å². The molecule has 3 heterocycles. The van der Waals surface area contributed by atoms with Crippen LogP contribution in [0, 0.1) is 0 Å². The molecule has 2 aliphatic heterocycles. The molecule has 3 rings (SSSR count). The van der Waals surface area contributed by atoms with Gasteiger partial charge in [-0.25, -0.2) is 0 Å². The lowest BCUT2D eigenvalue weighted by Crippen LogP contribution is -2.39. The number of nitrogens with zero attached hydrogens (tertiary/aromatic N) is 2. The minimum Gasteiger partial charge on any atom is -0.337 e. The molecule has 3 nitrogen and oxygen atoms in total. The number of hydrogen-bond acceptors (Lipinski definition) is 5. The normalized spacial score (nSPS) is 20.1. The molecule has 0 bridgehead atoms. The zero-order valence-corrected chi connectivity index (χ0v) is 13.2. The van der Waals surface area contributed by atoms with E-state index in [4.69, 9.17) is 0 Å². The fourth-order valence-corrected chi connectivity index (χ4v) is 5.38. The molecule has 1 aromatic rings. The first-order valence-electron chi connectivity index (χ1n) is 6.42. The first-order chi connectivity index (χ1) is 9.24. The highest BCUT2D eigenvalue weighted by Gasteiger charge is 2.27. The quantitative estimate of drug-likeness (QED) is 0.842. The fourth-order valence-electron chi connectivity index (χ4n) is 2.28. The maximum Gasteiger partial charge on any atom is 0.236 e. The molecule has 2 aliphatic rings. The van der Waals surface area contributed by atoms with Gasteiger partial charge in [-0.05, 0) is 30.4 Å². The van der Waals surface area contributed by atoms with Gasteiger partial charge in [-0.15, -0.1) is 11.3 Å². The standard InChI is InChI=1S/C13H16N2OS3/c1-9(19-13-14-4-7-18-13)12(16)15-5-2-11-10(8-15)3-6-17-11/h3,6,9H,2,4-5,7-8H2,1H3/t9-/m0/s1. The minimum absolute atomic E-state index is 0.0236. The summed E-state index contributed by atoms with van der Waals surface area (Å²) in [6.07, 6.45) is 1.01. The molecule has 1 aromatic heterocycles. The Bertz CT molecular complexity index is 512. The van der Waals surface area contributed by atoms with Crippen molar-refractivity contribution in [2.75, 3.05) is 18.8 Å². The molecule has 0 spiro atoms. The van der Waals surface area contributed by atoms with Crippen LogP contribution >= 0.6 is 34.9 Å². The number of carbonyl (C=O) groups excluding carboxylic acids is 1. The second kappa shape index (κ2) is 5.89. The number of carbonyl (C=O) groups is 1. The summed E-state index contributed by atoms with van der Waals surface area (Å²) >= 11 is 5.19. The molecule has 19 heavy (non-hydrogen) atoms. The van der Waals surface area contributed by atoms with Crippen molar-refractivity contribution < 1.29 is 4.79 Å². The van der Waals surface area contributed by atoms with E-state index in [1.807, 2.05) is 23.2 Å². The molecule has 1 atom stereocenters. The van der Waals surface area contributed by atoms with Gasteiger partial charge in [0.2, 0.25) is 5.91 Å². The van der Waals surface area contributed by atoms with Crippen molar-refractivity contribution in [3.8, 4) is 0 Å². The van der Waals surface area contributed by atoms with E-state index < -0.39 is 0 Å². The maximum atomic E-state index is 12.5. The van der Waals surface area contributed by atoms with Gasteiger partial charge in [0.05, 0.1) is 11.8 Å². The SMILES string of the molecule is C[C@H](SC1=NCCS1)C(=O)N1CCc2sccc2C1. The lowest BCUT2D eigenvalue weighted by Gasteiger charge is -2.29. The first kappa shape index (κ1) is 13.5. The van der Waals surface area contributed by atoms with E-state index >= 15 is 0 Å². The molecule has 0 saturated heterocycles. The van der Waals surface area contributed by atoms with Crippen LogP contribution in [0.2, 0.25) is 0 Å². The summed E-state index contributed by atoms with van der Waals surface area (Å²) in [4.78, 5) is 20.3. The zero-order valence-electron chi connectivity index (χ0n) is 10.8. The second-order valence-corrected chi connectivity index (χ2v) is 8.31. The average molecular weight is 312 g/mol. The van der Waals surface area contributed by atoms with Gasteiger partial charge in [-0.3, -0.25) is 9.79 Å². The molecule has 0 radical (unpaired) electrons. The second-order valence-electron chi connectivity index (χ2n) is 4.63. The molecule has 6 heteroatoms. The van der Waals surface area contributed by atoms with Gasteiger partial charge in [0, 0.05) is 23.7 Å². The topological polar surface area (TPSA) is 32.7 Å². The molecule has 0 fully saturated rings. The lowest BCUT2D eigenvalue weighted by molar-refractivity contribution is -0.131. The average Bonchev–Trinajstić information content (AvgIpc) is 3.07. The summed E-state index contributed by atoms with van der Waals surface area (Å²) in [5.41, 5.74) is 1.33. The van der Waals surface area contributed by atoms with Gasteiger partial charge < -0.3 is 4.90 Å². The molecule has 1 amide bonds. The van der Waals surface area contributed by atoms with Gasteiger partial charge in [-0.1, -0.05) is 23.5 Å². The van der Waals surface area contributed by atoms with Gasteiger partial charge in [0.25, 0.3) is 0 Å². The highest BCUT2D eigenvalue weighted by atomic mass is 32.2. The monoisotopic (exact) mass is 312 g/mol. The summed E-state index contributed by atoms with van der Waals surface area (Å²) in [5, 5.41) is 2.10. The van der Waals surface area contributed by atoms with Crippen LogP contribution in [0.25, 0.3) is 0 Å². The first-order valence-corrected chi connectivity index (χ1v) is 9.16. The Morgan fingerprint density at radius 1 is 1.58 bits per heavy atom. The van der Waals surface area contributed by atoms with Crippen molar-refractivity contribution in [2.24, 2.45) is 4.99 Å². The Balaban J connectivity index is 1.61. The maximum absolute atomic E-state index is 12.5. The van der Waals surface area contributed by atoms with Crippen LogP contribution in [0.1, 0.15) is 17.4 Å². The van der Waals surface area contributed by atoms with Crippen molar-refractivity contribution in [3.63, 3.8) is 0 Å². The number of thiophene rings is 1. The molecule has 0 unspecified atom stereocenters. The Morgan fingerprint density at radius 3 is 3.26 bits per heavy atom. The molecule has 102 valence electrons. The van der Waals surface area contributed by atoms with E-state index in [-0.39, 0.29) is 11.2 Å². The summed E-state index contributed by atoms with van der Waals surface area (Å²) in [6.45, 7) is 4.53. The number of fused-ring (bicyclic) bond motifs is 1. The summed E-state index contributed by atoms with van der Waals surface area (Å²) in [7, 11) is 0. The molecule has 0 aromatic carbocycles. The smallest absolute Gasteiger partial charge is 0.236 e. The van der Waals surface area contributed by atoms with Crippen LogP contribution in [0.3, 0.4) is 0 Å². The van der Waals surface area contributed by atoms with Crippen molar-refractivity contribution in [1.29, 1.82) is 0 Å². The highest BCUT2D eigenvalue weighted by Crippen LogP contribution is 2.29. The van der Waals surface area contributed by atoms with Crippen LogP contribution in [0.15, 0.2) is 16.4 Å². The number of amides is 1. The third-order valence-corrected chi connectivity index (χ3v) is 6.62. The van der Waals surface area contributed by atoms with Crippen LogP contribution in [0.5, 0.6) is 0 Å². The van der Waals surface area contributed by atoms with Crippen molar-refractivity contribution in [3.05, 3.63) is 21.9 Å². The van der Waals surface area contributed by atoms with E-state index in [1.54, 1.807) is 23.5 Å². The van der Waals surface area contributed by atoms with E-state index in [0.29, 0.717) is 0 Å². The van der Waals surface area contributed by atoms with E-state index in [9.17, 15) is 4.79 Å². The summed E-state index contributed by atoms with van der Waals surface area (Å²) < 4.78 is 1.08. The van der Waals surface area contributed by atoms with Crippen molar-refractivity contribution >= 4 is 45.1 Å². The van der Waals surface area contributed by atoms with Crippen LogP contribution in [-0.2, 0) is 17.8 Å². The molecular formula is C13H16N2OS3. The summed E-state index contributed by atoms with van der Waals surface area (Å²) in [6, 6.07) is 2.15. The predicted molar refractivity (Wildman–Crippen MR) is 85.3 cm³/mol. The Labute approximate surface area is 125 Å². The predicted octanol–water partition coefficient (Wildman–Crippen LogP) is 2.86. The Hall–Kier alpha value is -0.460. The number of rotatable bonds is 2. The number of thioether (sulfide) groups is 2. The fraction of sp³-hybridized carbons (Fsp3) is 0.538. The van der Waals surface area contributed by atoms with Crippen molar-refractivity contribution in [1.82, 2.24) is 4.90 Å². The minimum atomic E-state index is -0.0236. The Kier molecular flexibility index (Phi) is 4.19. The largest absolute Gasteiger partial charge is 0.337 e. The van der Waals surface area contributed by atoms with Crippen molar-refractivity contribution in [2.45, 2.75) is 25.1 Å². The number of aliphatic imine (C=N–C) groups is 1. The van der Waals surface area contributed by atoms with E-state index in [0.717, 1.165) is 36.2 Å². The van der Waals surface area contributed by atoms with Gasteiger partial charge in [-0.2, -0.15) is 0 Å². The molecular weight excluding hydrogens is 296 g/mol.